The fourth-order valence-corrected chi connectivity index (χ4v) is 3.68. The van der Waals surface area contributed by atoms with Crippen molar-refractivity contribution in [3.05, 3.63) is 107 Å². The van der Waals surface area contributed by atoms with E-state index in [9.17, 15) is 13.2 Å². The van der Waals surface area contributed by atoms with Crippen LogP contribution in [0.2, 0.25) is 0 Å². The third-order valence-corrected chi connectivity index (χ3v) is 5.61. The van der Waals surface area contributed by atoms with Crippen LogP contribution in [0.1, 0.15) is 22.3 Å². The van der Waals surface area contributed by atoms with E-state index in [0.29, 0.717) is 16.7 Å². The Bertz CT molecular complexity index is 1190. The molecule has 0 atom stereocenters. The van der Waals surface area contributed by atoms with Gasteiger partial charge in [-0.25, -0.2) is 13.1 Å². The van der Waals surface area contributed by atoms with Gasteiger partial charge in [0.05, 0.1) is 16.5 Å². The smallest absolute Gasteiger partial charge is 0.264 e. The summed E-state index contributed by atoms with van der Waals surface area (Å²) in [5.41, 5.74) is 3.40. The number of nitrogens with zero attached hydrogens (tertiary/aromatic N) is 1. The van der Waals surface area contributed by atoms with Gasteiger partial charge >= 0.3 is 0 Å². The van der Waals surface area contributed by atoms with E-state index in [2.05, 4.69) is 4.72 Å². The second-order valence-corrected chi connectivity index (χ2v) is 8.08. The molecule has 0 spiro atoms. The molecule has 0 unspecified atom stereocenters. The Labute approximate surface area is 170 Å². The van der Waals surface area contributed by atoms with E-state index in [1.54, 1.807) is 36.4 Å². The van der Waals surface area contributed by atoms with Crippen LogP contribution in [0.3, 0.4) is 0 Å². The first-order chi connectivity index (χ1) is 13.9. The van der Waals surface area contributed by atoms with Crippen molar-refractivity contribution in [2.75, 3.05) is 0 Å². The molecule has 1 amide bonds. The van der Waals surface area contributed by atoms with Crippen LogP contribution in [-0.4, -0.2) is 14.3 Å². The van der Waals surface area contributed by atoms with Crippen molar-refractivity contribution in [2.45, 2.75) is 11.8 Å². The average Bonchev–Trinajstić information content (AvgIpc) is 2.73. The van der Waals surface area contributed by atoms with Crippen molar-refractivity contribution < 1.29 is 13.2 Å². The van der Waals surface area contributed by atoms with Gasteiger partial charge in [0, 0.05) is 6.08 Å². The lowest BCUT2D eigenvalue weighted by atomic mass is 9.97. The van der Waals surface area contributed by atoms with E-state index in [0.717, 1.165) is 11.1 Å². The van der Waals surface area contributed by atoms with Gasteiger partial charge in [-0.1, -0.05) is 60.2 Å². The first-order valence-corrected chi connectivity index (χ1v) is 10.3. The van der Waals surface area contributed by atoms with Gasteiger partial charge < -0.3 is 0 Å². The number of nitriles is 1. The third kappa shape index (κ3) is 4.98. The number of benzene rings is 3. The van der Waals surface area contributed by atoms with Gasteiger partial charge in [0.15, 0.2) is 0 Å². The summed E-state index contributed by atoms with van der Waals surface area (Å²) in [6.07, 6.45) is 1.25. The maximum absolute atomic E-state index is 12.6. The van der Waals surface area contributed by atoms with E-state index < -0.39 is 15.9 Å². The molecule has 3 aromatic rings. The molecular formula is C23H18N2O3S. The highest BCUT2D eigenvalue weighted by molar-refractivity contribution is 7.90. The first-order valence-electron chi connectivity index (χ1n) is 8.80. The molecule has 0 heterocycles. The molecule has 0 aliphatic rings. The van der Waals surface area contributed by atoms with E-state index in [-0.39, 0.29) is 4.90 Å². The van der Waals surface area contributed by atoms with Crippen LogP contribution in [0.25, 0.3) is 5.57 Å². The molecule has 0 saturated carbocycles. The number of aryl methyl sites for hydroxylation is 1. The second-order valence-electron chi connectivity index (χ2n) is 6.40. The average molecular weight is 402 g/mol. The molecule has 5 nitrogen and oxygen atoms in total. The number of carbonyl (C=O) groups excluding carboxylic acids is 1. The monoisotopic (exact) mass is 402 g/mol. The maximum Gasteiger partial charge on any atom is 0.264 e. The molecule has 0 radical (unpaired) electrons. The maximum atomic E-state index is 12.6. The fourth-order valence-electron chi connectivity index (χ4n) is 2.74. The zero-order chi connectivity index (χ0) is 20.9. The Morgan fingerprint density at radius 2 is 1.48 bits per heavy atom. The summed E-state index contributed by atoms with van der Waals surface area (Å²) < 4.78 is 27.1. The van der Waals surface area contributed by atoms with Crippen molar-refractivity contribution in [3.63, 3.8) is 0 Å². The second kappa shape index (κ2) is 8.55. The number of hydrogen-bond acceptors (Lipinski definition) is 4. The summed E-state index contributed by atoms with van der Waals surface area (Å²) in [5, 5.41) is 8.99. The van der Waals surface area contributed by atoms with E-state index in [1.807, 2.05) is 43.3 Å². The van der Waals surface area contributed by atoms with Crippen molar-refractivity contribution in [2.24, 2.45) is 0 Å². The van der Waals surface area contributed by atoms with Crippen LogP contribution in [-0.2, 0) is 14.8 Å². The van der Waals surface area contributed by atoms with Crippen molar-refractivity contribution in [3.8, 4) is 6.07 Å². The Morgan fingerprint density at radius 1 is 0.897 bits per heavy atom. The topological polar surface area (TPSA) is 87.0 Å². The lowest BCUT2D eigenvalue weighted by Gasteiger charge is -2.10. The first kappa shape index (κ1) is 20.1. The van der Waals surface area contributed by atoms with Crippen LogP contribution in [0.4, 0.5) is 0 Å². The minimum atomic E-state index is -3.98. The predicted octanol–water partition coefficient (Wildman–Crippen LogP) is 3.80. The molecule has 3 rings (SSSR count). The standard InChI is InChI=1S/C23H18N2O3S/c1-17-7-13-21(14-8-17)29(27,28)25-23(26)15-22(19-5-3-2-4-6-19)20-11-9-18(16-24)10-12-20/h2-15H,1H3,(H,25,26)/b22-15-. The zero-order valence-electron chi connectivity index (χ0n) is 15.7. The Morgan fingerprint density at radius 3 is 2.07 bits per heavy atom. The van der Waals surface area contributed by atoms with Gasteiger partial charge in [-0.05, 0) is 47.9 Å². The van der Waals surface area contributed by atoms with Crippen LogP contribution < -0.4 is 4.72 Å². The van der Waals surface area contributed by atoms with Crippen LogP contribution in [0.5, 0.6) is 0 Å². The number of nitrogens with one attached hydrogen (secondary N) is 1. The van der Waals surface area contributed by atoms with Crippen molar-refractivity contribution in [1.82, 2.24) is 4.72 Å². The van der Waals surface area contributed by atoms with E-state index in [1.165, 1.54) is 18.2 Å². The molecule has 0 saturated heterocycles. The lowest BCUT2D eigenvalue weighted by molar-refractivity contribution is -0.114. The molecule has 29 heavy (non-hydrogen) atoms. The van der Waals surface area contributed by atoms with Crippen molar-refractivity contribution in [1.29, 1.82) is 5.26 Å². The van der Waals surface area contributed by atoms with Gasteiger partial charge in [-0.2, -0.15) is 5.26 Å². The normalized spacial score (nSPS) is 11.5. The largest absolute Gasteiger partial charge is 0.269 e. The molecule has 0 aliphatic carbocycles. The molecular weight excluding hydrogens is 384 g/mol. The van der Waals surface area contributed by atoms with Crippen LogP contribution in [0, 0.1) is 18.3 Å². The molecule has 0 fully saturated rings. The van der Waals surface area contributed by atoms with E-state index >= 15 is 0 Å². The van der Waals surface area contributed by atoms with Crippen molar-refractivity contribution >= 4 is 21.5 Å². The lowest BCUT2D eigenvalue weighted by Crippen LogP contribution is -2.29. The highest BCUT2D eigenvalue weighted by Crippen LogP contribution is 2.24. The summed E-state index contributed by atoms with van der Waals surface area (Å²) in [7, 11) is -3.98. The Hall–Kier alpha value is -3.69. The molecule has 0 bridgehead atoms. The number of carbonyl (C=O) groups is 1. The minimum Gasteiger partial charge on any atom is -0.269 e. The number of sulfonamides is 1. The SMILES string of the molecule is Cc1ccc(S(=O)(=O)NC(=O)/C=C(/c2ccccc2)c2ccc(C#N)cc2)cc1. The highest BCUT2D eigenvalue weighted by atomic mass is 32.2. The van der Waals surface area contributed by atoms with Gasteiger partial charge in [0.1, 0.15) is 0 Å². The van der Waals surface area contributed by atoms with Crippen LogP contribution in [0.15, 0.2) is 89.8 Å². The quantitative estimate of drug-likeness (QED) is 0.658. The Kier molecular flexibility index (Phi) is 5.91. The molecule has 3 aromatic carbocycles. The predicted molar refractivity (Wildman–Crippen MR) is 111 cm³/mol. The number of hydrogen-bond donors (Lipinski definition) is 1. The van der Waals surface area contributed by atoms with Gasteiger partial charge in [-0.15, -0.1) is 0 Å². The van der Waals surface area contributed by atoms with Gasteiger partial charge in [0.25, 0.3) is 15.9 Å². The number of rotatable bonds is 5. The van der Waals surface area contributed by atoms with Gasteiger partial charge in [0.2, 0.25) is 0 Å². The molecule has 1 N–H and O–H groups in total. The summed E-state index contributed by atoms with van der Waals surface area (Å²) in [6.45, 7) is 1.85. The molecule has 144 valence electrons. The van der Waals surface area contributed by atoms with E-state index in [4.69, 9.17) is 5.26 Å². The molecule has 0 aromatic heterocycles. The molecule has 6 heteroatoms. The summed E-state index contributed by atoms with van der Waals surface area (Å²) in [4.78, 5) is 12.6. The van der Waals surface area contributed by atoms with Crippen LogP contribution >= 0.6 is 0 Å². The molecule has 0 aliphatic heterocycles. The Balaban J connectivity index is 1.95. The zero-order valence-corrected chi connectivity index (χ0v) is 16.5. The fraction of sp³-hybridized carbons (Fsp3) is 0.0435. The third-order valence-electron chi connectivity index (χ3n) is 4.25. The summed E-state index contributed by atoms with van der Waals surface area (Å²) >= 11 is 0. The highest BCUT2D eigenvalue weighted by Gasteiger charge is 2.17. The summed E-state index contributed by atoms with van der Waals surface area (Å²) in [5.74, 6) is -0.756. The van der Waals surface area contributed by atoms with Gasteiger partial charge in [-0.3, -0.25) is 4.79 Å². The number of amides is 1. The minimum absolute atomic E-state index is 0.0180. The summed E-state index contributed by atoms with van der Waals surface area (Å²) in [6, 6.07) is 24.2.